The van der Waals surface area contributed by atoms with E-state index in [2.05, 4.69) is 15.5 Å². The Labute approximate surface area is 126 Å². The molecule has 0 atom stereocenters. The number of amides is 1. The fourth-order valence-electron chi connectivity index (χ4n) is 1.31. The van der Waals surface area contributed by atoms with Crippen molar-refractivity contribution in [1.29, 1.82) is 0 Å². The van der Waals surface area contributed by atoms with Gasteiger partial charge in [0.15, 0.2) is 4.34 Å². The van der Waals surface area contributed by atoms with Gasteiger partial charge >= 0.3 is 0 Å². The van der Waals surface area contributed by atoms with Gasteiger partial charge in [-0.15, -0.1) is 10.2 Å². The van der Waals surface area contributed by atoms with Gasteiger partial charge in [0, 0.05) is 11.1 Å². The number of carbonyl (C=O) groups is 1. The van der Waals surface area contributed by atoms with E-state index in [-0.39, 0.29) is 23.0 Å². The fourth-order valence-corrected chi connectivity index (χ4v) is 2.77. The third-order valence-corrected chi connectivity index (χ3v) is 4.19. The molecule has 0 saturated carbocycles. The maximum absolute atomic E-state index is 11.8. The third kappa shape index (κ3) is 3.89. The molecule has 1 N–H and O–H groups in total. The van der Waals surface area contributed by atoms with Crippen molar-refractivity contribution in [3.05, 3.63) is 38.8 Å². The molecule has 104 valence electrons. The van der Waals surface area contributed by atoms with Crippen molar-refractivity contribution in [3.8, 4) is 0 Å². The van der Waals surface area contributed by atoms with Crippen LogP contribution in [0.15, 0.2) is 28.0 Å². The summed E-state index contributed by atoms with van der Waals surface area (Å²) in [6.07, 6.45) is 0. The van der Waals surface area contributed by atoms with Crippen LogP contribution in [0.1, 0.15) is 0 Å². The van der Waals surface area contributed by atoms with Crippen LogP contribution in [0, 0.1) is 10.1 Å². The lowest BCUT2D eigenvalue weighted by molar-refractivity contribution is -0.383. The molecule has 1 amide bonds. The zero-order valence-corrected chi connectivity index (χ0v) is 12.2. The van der Waals surface area contributed by atoms with Crippen molar-refractivity contribution in [2.24, 2.45) is 0 Å². The summed E-state index contributed by atoms with van der Waals surface area (Å²) in [6.45, 7) is 0. The number of carbonyl (C=O) groups excluding carboxylic acids is 1. The molecule has 1 aromatic carbocycles. The molecule has 0 aliphatic rings. The van der Waals surface area contributed by atoms with E-state index in [4.69, 9.17) is 11.6 Å². The Morgan fingerprint density at radius 3 is 3.00 bits per heavy atom. The van der Waals surface area contributed by atoms with Crippen LogP contribution in [0.25, 0.3) is 0 Å². The van der Waals surface area contributed by atoms with Gasteiger partial charge in [0.25, 0.3) is 5.69 Å². The first kappa shape index (κ1) is 14.7. The Morgan fingerprint density at radius 2 is 2.35 bits per heavy atom. The van der Waals surface area contributed by atoms with Gasteiger partial charge in [0.1, 0.15) is 11.2 Å². The lowest BCUT2D eigenvalue weighted by Crippen LogP contribution is -2.15. The van der Waals surface area contributed by atoms with Gasteiger partial charge in [0.05, 0.1) is 10.7 Å². The molecule has 0 fully saturated rings. The Kier molecular flexibility index (Phi) is 4.88. The Bertz CT molecular complexity index is 635. The van der Waals surface area contributed by atoms with Crippen LogP contribution >= 0.6 is 34.7 Å². The first-order valence-electron chi connectivity index (χ1n) is 5.19. The maximum atomic E-state index is 11.8. The normalized spacial score (nSPS) is 10.2. The minimum atomic E-state index is -0.580. The Balaban J connectivity index is 2.03. The number of aromatic nitrogens is 2. The summed E-state index contributed by atoms with van der Waals surface area (Å²) in [6, 6.07) is 3.98. The Morgan fingerprint density at radius 1 is 1.55 bits per heavy atom. The van der Waals surface area contributed by atoms with Gasteiger partial charge in [-0.3, -0.25) is 14.9 Å². The number of benzene rings is 1. The van der Waals surface area contributed by atoms with Gasteiger partial charge < -0.3 is 5.32 Å². The smallest absolute Gasteiger partial charge is 0.292 e. The van der Waals surface area contributed by atoms with Gasteiger partial charge in [0.2, 0.25) is 5.91 Å². The van der Waals surface area contributed by atoms with E-state index in [1.807, 2.05) is 0 Å². The van der Waals surface area contributed by atoms with Gasteiger partial charge in [-0.2, -0.15) is 0 Å². The van der Waals surface area contributed by atoms with E-state index in [0.717, 1.165) is 0 Å². The van der Waals surface area contributed by atoms with Crippen molar-refractivity contribution in [2.45, 2.75) is 4.34 Å². The van der Waals surface area contributed by atoms with Crippen LogP contribution < -0.4 is 5.32 Å². The molecule has 0 unspecified atom stereocenters. The van der Waals surface area contributed by atoms with E-state index < -0.39 is 4.92 Å². The van der Waals surface area contributed by atoms with Crippen LogP contribution in [0.2, 0.25) is 5.02 Å². The van der Waals surface area contributed by atoms with Gasteiger partial charge in [-0.05, 0) is 12.1 Å². The molecule has 7 nitrogen and oxygen atoms in total. The standard InChI is InChI=1S/C10H7ClN4O3S2/c11-6-1-2-8(15(17)18)7(3-6)13-9(16)4-19-10-14-12-5-20-10/h1-3,5H,4H2,(H,13,16). The van der Waals surface area contributed by atoms with Crippen molar-refractivity contribution < 1.29 is 9.72 Å². The highest BCUT2D eigenvalue weighted by molar-refractivity contribution is 8.01. The fraction of sp³-hybridized carbons (Fsp3) is 0.100. The van der Waals surface area contributed by atoms with Crippen LogP contribution in [0.4, 0.5) is 11.4 Å². The second-order valence-electron chi connectivity index (χ2n) is 3.46. The summed E-state index contributed by atoms with van der Waals surface area (Å²) in [5.74, 6) is -0.297. The largest absolute Gasteiger partial charge is 0.320 e. The van der Waals surface area contributed by atoms with Crippen molar-refractivity contribution in [2.75, 3.05) is 11.1 Å². The summed E-state index contributed by atoms with van der Waals surface area (Å²) in [7, 11) is 0. The van der Waals surface area contributed by atoms with Crippen LogP contribution in [0.3, 0.4) is 0 Å². The molecule has 0 bridgehead atoms. The van der Waals surface area contributed by atoms with Crippen LogP contribution in [-0.4, -0.2) is 26.8 Å². The zero-order chi connectivity index (χ0) is 14.5. The minimum Gasteiger partial charge on any atom is -0.320 e. The minimum absolute atomic E-state index is 0.0744. The molecule has 0 spiro atoms. The van der Waals surface area contributed by atoms with Crippen LogP contribution in [-0.2, 0) is 4.79 Å². The quantitative estimate of drug-likeness (QED) is 0.514. The molecule has 2 aromatic rings. The number of hydrogen-bond acceptors (Lipinski definition) is 7. The zero-order valence-electron chi connectivity index (χ0n) is 9.78. The molecule has 1 heterocycles. The third-order valence-electron chi connectivity index (χ3n) is 2.10. The predicted octanol–water partition coefficient (Wildman–Crippen LogP) is 2.83. The second kappa shape index (κ2) is 6.64. The number of anilines is 1. The van der Waals surface area contributed by atoms with E-state index >= 15 is 0 Å². The molecule has 10 heteroatoms. The topological polar surface area (TPSA) is 98.0 Å². The first-order valence-corrected chi connectivity index (χ1v) is 7.43. The van der Waals surface area contributed by atoms with Crippen molar-refractivity contribution in [1.82, 2.24) is 10.2 Å². The van der Waals surface area contributed by atoms with Gasteiger partial charge in [-0.25, -0.2) is 0 Å². The molecule has 20 heavy (non-hydrogen) atoms. The van der Waals surface area contributed by atoms with E-state index in [1.165, 1.54) is 41.3 Å². The first-order chi connectivity index (χ1) is 9.56. The van der Waals surface area contributed by atoms with Gasteiger partial charge in [-0.1, -0.05) is 34.7 Å². The molecular weight excluding hydrogens is 324 g/mol. The molecule has 0 radical (unpaired) electrons. The van der Waals surface area contributed by atoms with Crippen LogP contribution in [0.5, 0.6) is 0 Å². The molecule has 2 rings (SSSR count). The molecule has 1 aromatic heterocycles. The second-order valence-corrected chi connectivity index (χ2v) is 5.95. The molecule has 0 aliphatic heterocycles. The summed E-state index contributed by atoms with van der Waals surface area (Å²) < 4.78 is 0.653. The maximum Gasteiger partial charge on any atom is 0.292 e. The average molecular weight is 331 g/mol. The SMILES string of the molecule is O=C(CSc1nncs1)Nc1cc(Cl)ccc1[N+](=O)[O-]. The molecule has 0 aliphatic carbocycles. The van der Waals surface area contributed by atoms with E-state index in [1.54, 1.807) is 5.51 Å². The average Bonchev–Trinajstić information content (AvgIpc) is 2.89. The van der Waals surface area contributed by atoms with Crippen molar-refractivity contribution in [3.63, 3.8) is 0 Å². The predicted molar refractivity (Wildman–Crippen MR) is 77.4 cm³/mol. The summed E-state index contributed by atoms with van der Waals surface area (Å²) in [4.78, 5) is 22.0. The number of thioether (sulfide) groups is 1. The Hall–Kier alpha value is -1.71. The van der Waals surface area contributed by atoms with E-state index in [0.29, 0.717) is 9.36 Å². The summed E-state index contributed by atoms with van der Waals surface area (Å²) >= 11 is 8.28. The lowest BCUT2D eigenvalue weighted by Gasteiger charge is -2.05. The number of nitro benzene ring substituents is 1. The van der Waals surface area contributed by atoms with E-state index in [9.17, 15) is 14.9 Å². The lowest BCUT2D eigenvalue weighted by atomic mass is 10.2. The molecular formula is C10H7ClN4O3S2. The summed E-state index contributed by atoms with van der Waals surface area (Å²) in [5, 5.41) is 21.0. The number of rotatable bonds is 5. The number of hydrogen-bond donors (Lipinski definition) is 1. The monoisotopic (exact) mass is 330 g/mol. The highest BCUT2D eigenvalue weighted by Gasteiger charge is 2.16. The number of nitro groups is 1. The highest BCUT2D eigenvalue weighted by Crippen LogP contribution is 2.28. The number of halogens is 1. The van der Waals surface area contributed by atoms with Crippen molar-refractivity contribution >= 4 is 52.0 Å². The number of nitrogens with zero attached hydrogens (tertiary/aromatic N) is 3. The molecule has 0 saturated heterocycles. The highest BCUT2D eigenvalue weighted by atomic mass is 35.5. The number of nitrogens with one attached hydrogen (secondary N) is 1. The summed E-state index contributed by atoms with van der Waals surface area (Å²) in [5.41, 5.74) is 1.43.